The Morgan fingerprint density at radius 3 is 2.42 bits per heavy atom. The van der Waals surface area contributed by atoms with Gasteiger partial charge in [-0.2, -0.15) is 17.9 Å². The highest BCUT2D eigenvalue weighted by Gasteiger charge is 2.39. The number of aromatic nitrogens is 4. The van der Waals surface area contributed by atoms with Gasteiger partial charge in [-0.25, -0.2) is 22.8 Å². The van der Waals surface area contributed by atoms with Crippen molar-refractivity contribution >= 4 is 32.5 Å². The maximum Gasteiger partial charge on any atom is 0.404 e. The van der Waals surface area contributed by atoms with Gasteiger partial charge in [-0.3, -0.25) is 9.55 Å². The molecule has 0 bridgehead atoms. The molecule has 0 amide bonds. The molecule has 1 fully saturated rings. The van der Waals surface area contributed by atoms with E-state index in [4.69, 9.17) is 11.6 Å². The number of nitrogens with zero attached hydrogens (tertiary/aromatic N) is 4. The highest BCUT2D eigenvalue weighted by atomic mass is 35.5. The highest BCUT2D eigenvalue weighted by molar-refractivity contribution is 7.89. The predicted molar refractivity (Wildman–Crippen MR) is 125 cm³/mol. The molecular weight excluding hydrogens is 522 g/mol. The average molecular weight is 540 g/mol. The van der Waals surface area contributed by atoms with Crippen LogP contribution < -0.4 is 4.72 Å². The predicted octanol–water partition coefficient (Wildman–Crippen LogP) is 5.38. The number of benzene rings is 1. The summed E-state index contributed by atoms with van der Waals surface area (Å²) >= 11 is 6.68. The largest absolute Gasteiger partial charge is 0.404 e. The zero-order chi connectivity index (χ0) is 25.8. The number of alkyl halides is 3. The molecule has 5 rings (SSSR count). The quantitative estimate of drug-likeness (QED) is 0.332. The Hall–Kier alpha value is -3.09. The van der Waals surface area contributed by atoms with Gasteiger partial charge in [0.25, 0.3) is 0 Å². The molecule has 3 heterocycles. The van der Waals surface area contributed by atoms with Gasteiger partial charge in [-0.1, -0.05) is 11.6 Å². The lowest BCUT2D eigenvalue weighted by molar-refractivity contribution is -0.147. The normalized spacial score (nSPS) is 15.4. The molecule has 0 radical (unpaired) electrons. The van der Waals surface area contributed by atoms with Crippen molar-refractivity contribution in [1.82, 2.24) is 24.2 Å². The average Bonchev–Trinajstić information content (AvgIpc) is 3.63. The molecule has 1 saturated carbocycles. The van der Waals surface area contributed by atoms with Crippen LogP contribution in [0.1, 0.15) is 31.2 Å². The van der Waals surface area contributed by atoms with E-state index in [0.29, 0.717) is 23.4 Å². The van der Waals surface area contributed by atoms with E-state index in [1.54, 1.807) is 21.4 Å². The number of rotatable bonds is 6. The lowest BCUT2D eigenvalue weighted by Crippen LogP contribution is -2.42. The van der Waals surface area contributed by atoms with Gasteiger partial charge in [0, 0.05) is 24.0 Å². The van der Waals surface area contributed by atoms with Gasteiger partial charge in [0.15, 0.2) is 0 Å². The zero-order valence-electron chi connectivity index (χ0n) is 18.6. The molecule has 7 nitrogen and oxygen atoms in total. The van der Waals surface area contributed by atoms with Crippen LogP contribution in [0.4, 0.5) is 17.6 Å². The molecule has 188 valence electrons. The smallest absolute Gasteiger partial charge is 0.275 e. The molecule has 1 aliphatic carbocycles. The Balaban J connectivity index is 1.64. The molecule has 1 atom stereocenters. The zero-order valence-corrected chi connectivity index (χ0v) is 20.2. The topological polar surface area (TPSA) is 89.8 Å². The minimum Gasteiger partial charge on any atom is -0.275 e. The lowest BCUT2D eigenvalue weighted by atomic mass is 10.1. The number of pyridine rings is 1. The second kappa shape index (κ2) is 8.79. The van der Waals surface area contributed by atoms with Gasteiger partial charge >= 0.3 is 6.18 Å². The van der Waals surface area contributed by atoms with E-state index < -0.39 is 27.1 Å². The standard InChI is InChI=1S/C23H18ClF4N5O2S/c1-12(23(26,27)28)32-36(34,35)14-5-6-18(31-11-14)21-20(24)16-9-17(25)15(13-3-4-13)10-19(16)33(21)22-29-7-2-8-30-22/h2,5-13,32H,3-4H2,1H3. The van der Waals surface area contributed by atoms with E-state index in [2.05, 4.69) is 15.0 Å². The van der Waals surface area contributed by atoms with Crippen LogP contribution in [0, 0.1) is 5.82 Å². The molecule has 1 N–H and O–H groups in total. The first-order valence-electron chi connectivity index (χ1n) is 10.8. The van der Waals surface area contributed by atoms with Gasteiger partial charge in [0.1, 0.15) is 16.8 Å². The summed E-state index contributed by atoms with van der Waals surface area (Å²) in [6, 6.07) is 4.81. The van der Waals surface area contributed by atoms with Gasteiger partial charge in [-0.05, 0) is 61.6 Å². The van der Waals surface area contributed by atoms with Crippen LogP contribution in [0.15, 0.2) is 53.8 Å². The summed E-state index contributed by atoms with van der Waals surface area (Å²) in [7, 11) is -4.50. The minimum absolute atomic E-state index is 0.117. The number of nitrogens with one attached hydrogen (secondary N) is 1. The summed E-state index contributed by atoms with van der Waals surface area (Å²) in [4.78, 5) is 12.3. The molecule has 4 aromatic rings. The molecule has 3 aromatic heterocycles. The van der Waals surface area contributed by atoms with Gasteiger partial charge in [0.2, 0.25) is 16.0 Å². The van der Waals surface area contributed by atoms with Crippen LogP contribution in [0.3, 0.4) is 0 Å². The van der Waals surface area contributed by atoms with Gasteiger partial charge in [0.05, 0.1) is 21.9 Å². The Kier molecular flexibility index (Phi) is 6.00. The van der Waals surface area contributed by atoms with E-state index in [-0.39, 0.29) is 34.1 Å². The van der Waals surface area contributed by atoms with Crippen LogP contribution >= 0.6 is 11.6 Å². The molecule has 1 aliphatic rings. The van der Waals surface area contributed by atoms with Crippen LogP contribution in [0.2, 0.25) is 5.02 Å². The van der Waals surface area contributed by atoms with Crippen molar-refractivity contribution in [3.63, 3.8) is 0 Å². The summed E-state index contributed by atoms with van der Waals surface area (Å²) in [5, 5.41) is 0.533. The molecule has 1 aromatic carbocycles. The Labute approximate surface area is 208 Å². The molecule has 1 unspecified atom stereocenters. The lowest BCUT2D eigenvalue weighted by Gasteiger charge is -2.17. The first-order valence-corrected chi connectivity index (χ1v) is 12.7. The number of hydrogen-bond acceptors (Lipinski definition) is 5. The number of sulfonamides is 1. The SMILES string of the molecule is CC(NS(=O)(=O)c1ccc(-c2c(Cl)c3cc(F)c(C4CC4)cc3n2-c2ncccn2)nc1)C(F)(F)F. The summed E-state index contributed by atoms with van der Waals surface area (Å²) in [6.45, 7) is 0.701. The molecule has 0 saturated heterocycles. The summed E-state index contributed by atoms with van der Waals surface area (Å²) in [5.74, 6) is -0.0355. The van der Waals surface area contributed by atoms with E-state index in [1.165, 1.54) is 24.5 Å². The fraction of sp³-hybridized carbons (Fsp3) is 0.261. The van der Waals surface area contributed by atoms with Gasteiger partial charge < -0.3 is 0 Å². The van der Waals surface area contributed by atoms with Crippen molar-refractivity contribution in [2.75, 3.05) is 0 Å². The molecule has 0 aliphatic heterocycles. The van der Waals surface area contributed by atoms with Crippen molar-refractivity contribution in [3.8, 4) is 17.3 Å². The monoisotopic (exact) mass is 539 g/mol. The fourth-order valence-corrected chi connectivity index (χ4v) is 5.39. The summed E-state index contributed by atoms with van der Waals surface area (Å²) in [6.07, 6.45) is 0.982. The second-order valence-electron chi connectivity index (χ2n) is 8.48. The number of hydrogen-bond donors (Lipinski definition) is 1. The van der Waals surface area contributed by atoms with Crippen molar-refractivity contribution < 1.29 is 26.0 Å². The van der Waals surface area contributed by atoms with E-state index in [9.17, 15) is 26.0 Å². The van der Waals surface area contributed by atoms with Crippen molar-refractivity contribution in [3.05, 3.63) is 65.3 Å². The van der Waals surface area contributed by atoms with Crippen molar-refractivity contribution in [1.29, 1.82) is 0 Å². The van der Waals surface area contributed by atoms with E-state index in [0.717, 1.165) is 25.1 Å². The van der Waals surface area contributed by atoms with Crippen LogP contribution in [0.5, 0.6) is 0 Å². The highest BCUT2D eigenvalue weighted by Crippen LogP contribution is 2.45. The first kappa shape index (κ1) is 24.6. The second-order valence-corrected chi connectivity index (χ2v) is 10.6. The number of halogens is 5. The summed E-state index contributed by atoms with van der Waals surface area (Å²) in [5.41, 5.74) is 1.58. The molecule has 13 heteroatoms. The van der Waals surface area contributed by atoms with Crippen LogP contribution in [-0.2, 0) is 10.0 Å². The third kappa shape index (κ3) is 4.44. The first-order chi connectivity index (χ1) is 17.0. The van der Waals surface area contributed by atoms with Crippen LogP contribution in [-0.4, -0.2) is 40.2 Å². The van der Waals surface area contributed by atoms with Crippen molar-refractivity contribution in [2.45, 2.75) is 42.8 Å². The minimum atomic E-state index is -4.75. The summed E-state index contributed by atoms with van der Waals surface area (Å²) < 4.78 is 81.4. The third-order valence-electron chi connectivity index (χ3n) is 5.91. The third-order valence-corrected chi connectivity index (χ3v) is 7.81. The Morgan fingerprint density at radius 2 is 1.83 bits per heavy atom. The Bertz CT molecular complexity index is 1550. The van der Waals surface area contributed by atoms with Gasteiger partial charge in [-0.15, -0.1) is 0 Å². The Morgan fingerprint density at radius 1 is 1.14 bits per heavy atom. The maximum absolute atomic E-state index is 14.8. The molecular formula is C23H18ClF4N5O2S. The molecule has 36 heavy (non-hydrogen) atoms. The molecule has 0 spiro atoms. The maximum atomic E-state index is 14.8. The number of fused-ring (bicyclic) bond motifs is 1. The van der Waals surface area contributed by atoms with Crippen molar-refractivity contribution in [2.24, 2.45) is 0 Å². The van der Waals surface area contributed by atoms with E-state index >= 15 is 0 Å². The van der Waals surface area contributed by atoms with E-state index in [1.807, 2.05) is 0 Å². The van der Waals surface area contributed by atoms with Crippen LogP contribution in [0.25, 0.3) is 28.2 Å². The fourth-order valence-electron chi connectivity index (χ4n) is 3.88.